The van der Waals surface area contributed by atoms with Crippen molar-refractivity contribution in [1.29, 1.82) is 0 Å². The summed E-state index contributed by atoms with van der Waals surface area (Å²) in [4.78, 5) is 0. The lowest BCUT2D eigenvalue weighted by Crippen LogP contribution is -2.42. The van der Waals surface area contributed by atoms with E-state index in [-0.39, 0.29) is 22.4 Å². The maximum atomic E-state index is 15.9. The normalized spacial score (nSPS) is 31.0. The molecule has 1 aliphatic carbocycles. The molecular weight excluding hydrogens is 515 g/mol. The molecule has 0 bridgehead atoms. The quantitative estimate of drug-likeness (QED) is 0.229. The van der Waals surface area contributed by atoms with Crippen LogP contribution in [0.15, 0.2) is 36.2 Å². The molecule has 0 amide bonds. The number of hydrogen-bond donors (Lipinski definition) is 0. The highest BCUT2D eigenvalue weighted by molar-refractivity contribution is 6.59. The number of ether oxygens (including phenoxy) is 1. The standard InChI is InChI=1S/C29H41F5OSi2/c1-3-13-36-15-8-22(9-16-36)28(23-10-17-37(14-4-2)18-11-23)12-7-24(26(31)20-28)21-5-6-27(25(30)19-21)35-29(32,33)34/h5-7,12,19,22-23,36-37H,3-4,8-11,13-18,20H2,1-2H3. The van der Waals surface area contributed by atoms with Crippen molar-refractivity contribution in [1.82, 2.24) is 0 Å². The van der Waals surface area contributed by atoms with Crippen LogP contribution in [0, 0.1) is 23.1 Å². The van der Waals surface area contributed by atoms with Gasteiger partial charge in [0.1, 0.15) is 5.83 Å². The van der Waals surface area contributed by atoms with Gasteiger partial charge in [0.05, 0.1) is 0 Å². The van der Waals surface area contributed by atoms with Crippen LogP contribution < -0.4 is 4.74 Å². The topological polar surface area (TPSA) is 9.23 Å². The predicted octanol–water partition coefficient (Wildman–Crippen LogP) is 9.45. The first-order valence-corrected chi connectivity index (χ1v) is 19.2. The third-order valence-electron chi connectivity index (χ3n) is 9.39. The first-order valence-electron chi connectivity index (χ1n) is 14.3. The maximum Gasteiger partial charge on any atom is 0.573 e. The van der Waals surface area contributed by atoms with Crippen molar-refractivity contribution in [2.45, 2.75) is 101 Å². The summed E-state index contributed by atoms with van der Waals surface area (Å²) in [6.45, 7) is 4.55. The third-order valence-corrected chi connectivity index (χ3v) is 16.8. The molecule has 2 saturated heterocycles. The number of hydrogen-bond acceptors (Lipinski definition) is 1. The van der Waals surface area contributed by atoms with Crippen LogP contribution in [0.25, 0.3) is 5.57 Å². The lowest BCUT2D eigenvalue weighted by atomic mass is 9.59. The van der Waals surface area contributed by atoms with E-state index in [2.05, 4.69) is 24.7 Å². The van der Waals surface area contributed by atoms with Crippen LogP contribution in [0.4, 0.5) is 22.0 Å². The highest BCUT2D eigenvalue weighted by Gasteiger charge is 2.47. The van der Waals surface area contributed by atoms with Crippen LogP contribution in [0.2, 0.25) is 36.3 Å². The molecular formula is C29H41F5OSi2. The van der Waals surface area contributed by atoms with Crippen LogP contribution in [0.5, 0.6) is 5.75 Å². The Morgan fingerprint density at radius 2 is 1.43 bits per heavy atom. The van der Waals surface area contributed by atoms with Gasteiger partial charge in [-0.25, -0.2) is 8.78 Å². The van der Waals surface area contributed by atoms with Gasteiger partial charge in [-0.1, -0.05) is 107 Å². The van der Waals surface area contributed by atoms with Gasteiger partial charge < -0.3 is 4.74 Å². The van der Waals surface area contributed by atoms with Crippen molar-refractivity contribution >= 4 is 23.2 Å². The van der Waals surface area contributed by atoms with E-state index >= 15 is 4.39 Å². The molecule has 2 heterocycles. The van der Waals surface area contributed by atoms with Crippen LogP contribution in [0.3, 0.4) is 0 Å². The van der Waals surface area contributed by atoms with Crippen molar-refractivity contribution in [3.63, 3.8) is 0 Å². The van der Waals surface area contributed by atoms with E-state index in [4.69, 9.17) is 0 Å². The van der Waals surface area contributed by atoms with Crippen LogP contribution in [-0.2, 0) is 0 Å². The number of halogens is 5. The van der Waals surface area contributed by atoms with Gasteiger partial charge in [-0.15, -0.1) is 13.2 Å². The summed E-state index contributed by atoms with van der Waals surface area (Å²) >= 11 is 0. The van der Waals surface area contributed by atoms with E-state index in [1.54, 1.807) is 0 Å². The highest BCUT2D eigenvalue weighted by Crippen LogP contribution is 2.56. The fourth-order valence-corrected chi connectivity index (χ4v) is 14.4. The van der Waals surface area contributed by atoms with Gasteiger partial charge in [0, 0.05) is 35.0 Å². The Balaban J connectivity index is 1.58. The Bertz CT molecular complexity index is 947. The number of rotatable bonds is 8. The molecule has 2 fully saturated rings. The fraction of sp³-hybridized carbons (Fsp3) is 0.655. The Morgan fingerprint density at radius 1 is 0.892 bits per heavy atom. The SMILES string of the molecule is CCC[SiH]1CCC(C2(C3CC[SiH](CCC)CC3)C=CC(c3ccc(OC(F)(F)F)c(F)c3)=C(F)C2)CC1. The van der Waals surface area contributed by atoms with E-state index in [9.17, 15) is 17.6 Å². The first kappa shape index (κ1) is 28.6. The van der Waals surface area contributed by atoms with Gasteiger partial charge in [0.15, 0.2) is 11.6 Å². The smallest absolute Gasteiger partial charge is 0.403 e. The summed E-state index contributed by atoms with van der Waals surface area (Å²) in [5.41, 5.74) is 0.353. The number of benzene rings is 1. The number of allylic oxidation sites excluding steroid dienone is 4. The zero-order valence-corrected chi connectivity index (χ0v) is 24.5. The Kier molecular flexibility index (Phi) is 9.41. The molecule has 1 aromatic rings. The van der Waals surface area contributed by atoms with Crippen molar-refractivity contribution in [3.8, 4) is 5.75 Å². The molecule has 0 N–H and O–H groups in total. The summed E-state index contributed by atoms with van der Waals surface area (Å²) < 4.78 is 71.7. The summed E-state index contributed by atoms with van der Waals surface area (Å²) in [5, 5.41) is 0. The largest absolute Gasteiger partial charge is 0.573 e. The molecule has 4 rings (SSSR count). The molecule has 0 radical (unpaired) electrons. The molecule has 0 unspecified atom stereocenters. The predicted molar refractivity (Wildman–Crippen MR) is 146 cm³/mol. The molecule has 1 aromatic carbocycles. The average molecular weight is 557 g/mol. The molecule has 1 nitrogen and oxygen atoms in total. The molecule has 3 aliphatic rings. The van der Waals surface area contributed by atoms with Gasteiger partial charge in [-0.2, -0.15) is 0 Å². The van der Waals surface area contributed by atoms with E-state index in [1.807, 2.05) is 6.08 Å². The zero-order chi connectivity index (χ0) is 26.6. The van der Waals surface area contributed by atoms with E-state index in [1.165, 1.54) is 80.9 Å². The van der Waals surface area contributed by atoms with E-state index < -0.39 is 35.5 Å². The Labute approximate surface area is 221 Å². The van der Waals surface area contributed by atoms with Crippen LogP contribution in [-0.4, -0.2) is 24.0 Å². The highest BCUT2D eigenvalue weighted by atomic mass is 28.3. The van der Waals surface area contributed by atoms with Crippen molar-refractivity contribution < 1.29 is 26.7 Å². The van der Waals surface area contributed by atoms with Gasteiger partial charge in [-0.3, -0.25) is 0 Å². The summed E-state index contributed by atoms with van der Waals surface area (Å²) in [6, 6.07) is 11.4. The lowest BCUT2D eigenvalue weighted by Gasteiger charge is -2.50. The minimum absolute atomic E-state index is 0.192. The maximum absolute atomic E-state index is 15.9. The minimum atomic E-state index is -4.98. The monoisotopic (exact) mass is 556 g/mol. The molecule has 0 atom stereocenters. The first-order chi connectivity index (χ1) is 17.6. The third kappa shape index (κ3) is 6.78. The molecule has 8 heteroatoms. The average Bonchev–Trinajstić information content (AvgIpc) is 2.86. The minimum Gasteiger partial charge on any atom is -0.403 e. The Hall–Kier alpha value is -1.42. The molecule has 0 aromatic heterocycles. The fourth-order valence-electron chi connectivity index (χ4n) is 7.57. The van der Waals surface area contributed by atoms with E-state index in [0.717, 1.165) is 12.1 Å². The molecule has 0 spiro atoms. The van der Waals surface area contributed by atoms with Gasteiger partial charge in [-0.05, 0) is 29.5 Å². The van der Waals surface area contributed by atoms with Gasteiger partial charge in [0.25, 0.3) is 0 Å². The van der Waals surface area contributed by atoms with Crippen LogP contribution >= 0.6 is 0 Å². The second-order valence-corrected chi connectivity index (χ2v) is 18.6. The van der Waals surface area contributed by atoms with Crippen molar-refractivity contribution in [2.75, 3.05) is 0 Å². The molecule has 0 saturated carbocycles. The molecule has 206 valence electrons. The van der Waals surface area contributed by atoms with Gasteiger partial charge >= 0.3 is 6.36 Å². The van der Waals surface area contributed by atoms with E-state index in [0.29, 0.717) is 18.3 Å². The molecule has 2 aliphatic heterocycles. The van der Waals surface area contributed by atoms with Gasteiger partial charge in [0.2, 0.25) is 0 Å². The summed E-state index contributed by atoms with van der Waals surface area (Å²) in [7, 11) is -1.34. The summed E-state index contributed by atoms with van der Waals surface area (Å²) in [5.74, 6) is -1.34. The molecule has 37 heavy (non-hydrogen) atoms. The summed E-state index contributed by atoms with van der Waals surface area (Å²) in [6.07, 6.45) is 6.69. The second-order valence-electron chi connectivity index (χ2n) is 11.6. The van der Waals surface area contributed by atoms with Crippen LogP contribution in [0.1, 0.15) is 64.4 Å². The second kappa shape index (κ2) is 12.2. The zero-order valence-electron chi connectivity index (χ0n) is 22.2. The van der Waals surface area contributed by atoms with Crippen molar-refractivity contribution in [3.05, 3.63) is 47.6 Å². The van der Waals surface area contributed by atoms with Crippen molar-refractivity contribution in [2.24, 2.45) is 17.3 Å². The Morgan fingerprint density at radius 3 is 1.86 bits per heavy atom. The lowest BCUT2D eigenvalue weighted by molar-refractivity contribution is -0.275. The number of alkyl halides is 3.